The molecule has 11 heavy (non-hydrogen) atoms. The van der Waals surface area contributed by atoms with Gasteiger partial charge in [-0.1, -0.05) is 39.0 Å². The Kier molecular flexibility index (Phi) is 1.99. The molecule has 0 unspecified atom stereocenters. The van der Waals surface area contributed by atoms with Crippen LogP contribution in [0.5, 0.6) is 0 Å². The largest absolute Gasteiger partial charge is 0.294 e. The van der Waals surface area contributed by atoms with Crippen molar-refractivity contribution in [1.82, 2.24) is 0 Å². The fourth-order valence-corrected chi connectivity index (χ4v) is 1.06. The lowest BCUT2D eigenvalue weighted by Crippen LogP contribution is -2.20. The minimum absolute atomic E-state index is 0.236. The van der Waals surface area contributed by atoms with E-state index in [9.17, 15) is 4.79 Å². The first-order valence-electron chi connectivity index (χ1n) is 3.93. The molecule has 0 amide bonds. The van der Waals surface area contributed by atoms with Gasteiger partial charge in [0.25, 0.3) is 0 Å². The summed E-state index contributed by atoms with van der Waals surface area (Å²) in [6, 6.07) is 0. The first-order valence-corrected chi connectivity index (χ1v) is 3.93. The number of ketones is 1. The number of hydrogen-bond acceptors (Lipinski definition) is 1. The van der Waals surface area contributed by atoms with Crippen LogP contribution < -0.4 is 0 Å². The minimum atomic E-state index is -0.236. The van der Waals surface area contributed by atoms with Crippen molar-refractivity contribution in [3.8, 4) is 0 Å². The normalized spacial score (nSPS) is 16.8. The van der Waals surface area contributed by atoms with Crippen LogP contribution in [0.4, 0.5) is 0 Å². The second-order valence-corrected chi connectivity index (χ2v) is 3.88. The number of carbonyl (C=O) groups excluding carboxylic acids is 1. The van der Waals surface area contributed by atoms with E-state index in [2.05, 4.69) is 0 Å². The quantitative estimate of drug-likeness (QED) is 0.561. The standard InChI is InChI=1S/C10H14O/c1-10(2,3)9(11)8-6-4-5-7-8/h4,6-7H,5H2,1-3H3. The predicted molar refractivity (Wildman–Crippen MR) is 46.3 cm³/mol. The van der Waals surface area contributed by atoms with E-state index in [-0.39, 0.29) is 11.2 Å². The zero-order valence-electron chi connectivity index (χ0n) is 7.35. The summed E-state index contributed by atoms with van der Waals surface area (Å²) in [5, 5.41) is 0. The van der Waals surface area contributed by atoms with Gasteiger partial charge in [0.1, 0.15) is 0 Å². The van der Waals surface area contributed by atoms with Crippen molar-refractivity contribution in [1.29, 1.82) is 0 Å². The molecule has 0 radical (unpaired) electrons. The topological polar surface area (TPSA) is 17.1 Å². The summed E-state index contributed by atoms with van der Waals surface area (Å²) in [6.45, 7) is 5.84. The average molecular weight is 150 g/mol. The molecule has 1 aliphatic rings. The Bertz CT molecular complexity index is 226. The summed E-state index contributed by atoms with van der Waals surface area (Å²) in [7, 11) is 0. The first kappa shape index (κ1) is 8.25. The highest BCUT2D eigenvalue weighted by Gasteiger charge is 2.23. The Morgan fingerprint density at radius 2 is 2.09 bits per heavy atom. The Balaban J connectivity index is 2.77. The third kappa shape index (κ3) is 1.79. The van der Waals surface area contributed by atoms with Gasteiger partial charge in [0.15, 0.2) is 5.78 Å². The molecule has 0 aromatic heterocycles. The van der Waals surface area contributed by atoms with Crippen LogP contribution in [-0.4, -0.2) is 5.78 Å². The van der Waals surface area contributed by atoms with Crippen LogP contribution in [0.15, 0.2) is 23.8 Å². The molecule has 0 saturated heterocycles. The van der Waals surface area contributed by atoms with Crippen molar-refractivity contribution in [3.05, 3.63) is 23.8 Å². The molecule has 0 bridgehead atoms. The van der Waals surface area contributed by atoms with Crippen molar-refractivity contribution >= 4 is 5.78 Å². The molecule has 60 valence electrons. The molecule has 0 saturated carbocycles. The van der Waals surface area contributed by atoms with Crippen LogP contribution in [0.2, 0.25) is 0 Å². The van der Waals surface area contributed by atoms with Crippen molar-refractivity contribution in [3.63, 3.8) is 0 Å². The van der Waals surface area contributed by atoms with Gasteiger partial charge in [-0.2, -0.15) is 0 Å². The molecule has 0 aromatic carbocycles. The van der Waals surface area contributed by atoms with E-state index in [1.807, 2.05) is 39.0 Å². The molecular formula is C10H14O. The number of hydrogen-bond donors (Lipinski definition) is 0. The van der Waals surface area contributed by atoms with Gasteiger partial charge in [0.2, 0.25) is 0 Å². The highest BCUT2D eigenvalue weighted by atomic mass is 16.1. The molecular weight excluding hydrogens is 136 g/mol. The highest BCUT2D eigenvalue weighted by Crippen LogP contribution is 2.23. The van der Waals surface area contributed by atoms with E-state index in [1.165, 1.54) is 0 Å². The summed E-state index contributed by atoms with van der Waals surface area (Å²) >= 11 is 0. The molecule has 0 atom stereocenters. The SMILES string of the molecule is CC(C)(C)C(=O)C1=CCC=C1. The minimum Gasteiger partial charge on any atom is -0.294 e. The third-order valence-corrected chi connectivity index (χ3v) is 1.71. The number of carbonyl (C=O) groups is 1. The lowest BCUT2D eigenvalue weighted by molar-refractivity contribution is -0.122. The molecule has 0 spiro atoms. The second kappa shape index (κ2) is 2.65. The van der Waals surface area contributed by atoms with Crippen LogP contribution in [0.3, 0.4) is 0 Å². The zero-order chi connectivity index (χ0) is 8.48. The maximum absolute atomic E-state index is 11.5. The maximum Gasteiger partial charge on any atom is 0.167 e. The van der Waals surface area contributed by atoms with Crippen molar-refractivity contribution in [2.75, 3.05) is 0 Å². The van der Waals surface area contributed by atoms with Crippen LogP contribution in [0.25, 0.3) is 0 Å². The van der Waals surface area contributed by atoms with Crippen LogP contribution in [0, 0.1) is 5.41 Å². The Morgan fingerprint density at radius 1 is 1.45 bits per heavy atom. The van der Waals surface area contributed by atoms with Crippen molar-refractivity contribution < 1.29 is 4.79 Å². The fourth-order valence-electron chi connectivity index (χ4n) is 1.06. The summed E-state index contributed by atoms with van der Waals surface area (Å²) in [5.74, 6) is 0.242. The average Bonchev–Trinajstić information content (AvgIpc) is 2.34. The number of rotatable bonds is 1. The van der Waals surface area contributed by atoms with Crippen molar-refractivity contribution in [2.45, 2.75) is 27.2 Å². The predicted octanol–water partition coefficient (Wildman–Crippen LogP) is 2.49. The van der Waals surface area contributed by atoms with Crippen LogP contribution in [-0.2, 0) is 4.79 Å². The van der Waals surface area contributed by atoms with Gasteiger partial charge in [0.05, 0.1) is 0 Å². The molecule has 0 heterocycles. The number of Topliss-reactive ketones (excluding diaryl/α,β-unsaturated/α-hetero) is 1. The van der Waals surface area contributed by atoms with Gasteiger partial charge < -0.3 is 0 Å². The Morgan fingerprint density at radius 3 is 2.45 bits per heavy atom. The molecule has 0 aromatic rings. The van der Waals surface area contributed by atoms with Gasteiger partial charge in [-0.25, -0.2) is 0 Å². The van der Waals surface area contributed by atoms with Gasteiger partial charge in [0, 0.05) is 11.0 Å². The summed E-state index contributed by atoms with van der Waals surface area (Å²) in [6.07, 6.45) is 6.82. The van der Waals surface area contributed by atoms with E-state index in [0.29, 0.717) is 0 Å². The monoisotopic (exact) mass is 150 g/mol. The maximum atomic E-state index is 11.5. The summed E-state index contributed by atoms with van der Waals surface area (Å²) in [4.78, 5) is 11.5. The van der Waals surface area contributed by atoms with Crippen LogP contribution >= 0.6 is 0 Å². The lowest BCUT2D eigenvalue weighted by Gasteiger charge is -2.15. The van der Waals surface area contributed by atoms with Gasteiger partial charge >= 0.3 is 0 Å². The smallest absolute Gasteiger partial charge is 0.167 e. The summed E-state index contributed by atoms with van der Waals surface area (Å²) in [5.41, 5.74) is 0.637. The van der Waals surface area contributed by atoms with E-state index >= 15 is 0 Å². The zero-order valence-corrected chi connectivity index (χ0v) is 7.35. The summed E-state index contributed by atoms with van der Waals surface area (Å²) < 4.78 is 0. The third-order valence-electron chi connectivity index (χ3n) is 1.71. The molecule has 1 rings (SSSR count). The molecule has 0 fully saturated rings. The molecule has 1 nitrogen and oxygen atoms in total. The van der Waals surface area contributed by atoms with E-state index < -0.39 is 0 Å². The molecule has 1 aliphatic carbocycles. The van der Waals surface area contributed by atoms with E-state index in [0.717, 1.165) is 12.0 Å². The van der Waals surface area contributed by atoms with Crippen LogP contribution in [0.1, 0.15) is 27.2 Å². The highest BCUT2D eigenvalue weighted by molar-refractivity contribution is 6.01. The second-order valence-electron chi connectivity index (χ2n) is 3.88. The van der Waals surface area contributed by atoms with Crippen molar-refractivity contribution in [2.24, 2.45) is 5.41 Å². The Labute approximate surface area is 67.8 Å². The lowest BCUT2D eigenvalue weighted by atomic mass is 9.87. The molecule has 1 heteroatoms. The van der Waals surface area contributed by atoms with Gasteiger partial charge in [-0.05, 0) is 6.42 Å². The van der Waals surface area contributed by atoms with E-state index in [4.69, 9.17) is 0 Å². The van der Waals surface area contributed by atoms with Gasteiger partial charge in [-0.15, -0.1) is 0 Å². The molecule has 0 aliphatic heterocycles. The Hall–Kier alpha value is -0.850. The fraction of sp³-hybridized carbons (Fsp3) is 0.500. The molecule has 0 N–H and O–H groups in total. The van der Waals surface area contributed by atoms with Gasteiger partial charge in [-0.3, -0.25) is 4.79 Å². The number of allylic oxidation sites excluding steroid dienone is 4. The first-order chi connectivity index (χ1) is 5.02. The van der Waals surface area contributed by atoms with E-state index in [1.54, 1.807) is 0 Å².